The van der Waals surface area contributed by atoms with Crippen molar-refractivity contribution in [2.75, 3.05) is 19.6 Å². The smallest absolute Gasteiger partial charge is 0.245 e. The summed E-state index contributed by atoms with van der Waals surface area (Å²) >= 11 is 6.01. The van der Waals surface area contributed by atoms with Crippen LogP contribution in [0.15, 0.2) is 24.3 Å². The van der Waals surface area contributed by atoms with Crippen molar-refractivity contribution >= 4 is 29.3 Å². The number of rotatable bonds is 9. The molecule has 2 unspecified atom stereocenters. The molecule has 1 saturated heterocycles. The molecule has 3 amide bonds. The predicted octanol–water partition coefficient (Wildman–Crippen LogP) is 3.13. The van der Waals surface area contributed by atoms with Crippen LogP contribution in [0.3, 0.4) is 0 Å². The summed E-state index contributed by atoms with van der Waals surface area (Å²) in [6.45, 7) is 5.23. The van der Waals surface area contributed by atoms with Crippen molar-refractivity contribution in [1.82, 2.24) is 15.1 Å². The lowest BCUT2D eigenvalue weighted by atomic mass is 9.92. The lowest BCUT2D eigenvalue weighted by Gasteiger charge is -2.39. The zero-order valence-corrected chi connectivity index (χ0v) is 21.2. The minimum Gasteiger partial charge on any atom is -0.344 e. The van der Waals surface area contributed by atoms with Gasteiger partial charge in [-0.3, -0.25) is 14.4 Å². The van der Waals surface area contributed by atoms with Crippen LogP contribution in [0, 0.1) is 5.92 Å². The summed E-state index contributed by atoms with van der Waals surface area (Å²) in [4.78, 5) is 43.0. The van der Waals surface area contributed by atoms with E-state index < -0.39 is 6.04 Å². The Morgan fingerprint density at radius 1 is 1.09 bits per heavy atom. The Bertz CT molecular complexity index is 839. The highest BCUT2D eigenvalue weighted by Crippen LogP contribution is 2.29. The second-order valence-electron chi connectivity index (χ2n) is 9.91. The molecule has 2 aliphatic rings. The van der Waals surface area contributed by atoms with Crippen molar-refractivity contribution in [2.24, 2.45) is 11.7 Å². The van der Waals surface area contributed by atoms with Crippen LogP contribution >= 0.6 is 11.6 Å². The van der Waals surface area contributed by atoms with E-state index in [2.05, 4.69) is 10.2 Å². The molecule has 1 aromatic carbocycles. The van der Waals surface area contributed by atoms with Crippen LogP contribution in [0.4, 0.5) is 0 Å². The van der Waals surface area contributed by atoms with Crippen LogP contribution in [0.2, 0.25) is 5.02 Å². The van der Waals surface area contributed by atoms with E-state index in [4.69, 9.17) is 17.3 Å². The first-order valence-electron chi connectivity index (χ1n) is 12.6. The molecule has 3 N–H and O–H groups in total. The van der Waals surface area contributed by atoms with Crippen molar-refractivity contribution in [2.45, 2.75) is 83.3 Å². The van der Waals surface area contributed by atoms with E-state index in [9.17, 15) is 14.4 Å². The van der Waals surface area contributed by atoms with Crippen LogP contribution in [0.5, 0.6) is 0 Å². The lowest BCUT2D eigenvalue weighted by Crippen LogP contribution is -2.53. The molecule has 34 heavy (non-hydrogen) atoms. The van der Waals surface area contributed by atoms with E-state index in [0.29, 0.717) is 24.5 Å². The minimum absolute atomic E-state index is 0.0258. The maximum atomic E-state index is 13.6. The monoisotopic (exact) mass is 490 g/mol. The summed E-state index contributed by atoms with van der Waals surface area (Å²) < 4.78 is 0. The van der Waals surface area contributed by atoms with Gasteiger partial charge in [0.2, 0.25) is 17.7 Å². The number of nitrogens with one attached hydrogen (secondary N) is 1. The zero-order chi connectivity index (χ0) is 24.7. The minimum atomic E-state index is -0.678. The van der Waals surface area contributed by atoms with Gasteiger partial charge in [0, 0.05) is 49.5 Å². The number of nitrogens with two attached hydrogens (primary N) is 1. The zero-order valence-electron chi connectivity index (χ0n) is 20.5. The highest BCUT2D eigenvalue weighted by Gasteiger charge is 2.39. The third-order valence-electron chi connectivity index (χ3n) is 6.94. The fourth-order valence-corrected chi connectivity index (χ4v) is 5.28. The Morgan fingerprint density at radius 3 is 2.38 bits per heavy atom. The van der Waals surface area contributed by atoms with Crippen LogP contribution in [-0.2, 0) is 20.8 Å². The van der Waals surface area contributed by atoms with Crippen LogP contribution in [-0.4, -0.2) is 65.3 Å². The highest BCUT2D eigenvalue weighted by atomic mass is 35.5. The van der Waals surface area contributed by atoms with Crippen LogP contribution < -0.4 is 11.1 Å². The summed E-state index contributed by atoms with van der Waals surface area (Å²) in [5, 5.41) is 3.51. The molecule has 0 spiro atoms. The number of carbonyl (C=O) groups excluding carboxylic acids is 3. The normalized spacial score (nSPS) is 19.8. The molecule has 1 aliphatic heterocycles. The Kier molecular flexibility index (Phi) is 9.77. The number of benzene rings is 1. The number of hydrogen-bond acceptors (Lipinski definition) is 4. The van der Waals surface area contributed by atoms with E-state index in [1.165, 1.54) is 6.42 Å². The Hall–Kier alpha value is -2.12. The highest BCUT2D eigenvalue weighted by molar-refractivity contribution is 6.30. The van der Waals surface area contributed by atoms with Crippen molar-refractivity contribution < 1.29 is 14.4 Å². The first-order valence-corrected chi connectivity index (χ1v) is 13.0. The van der Waals surface area contributed by atoms with Gasteiger partial charge < -0.3 is 20.9 Å². The predicted molar refractivity (Wildman–Crippen MR) is 134 cm³/mol. The number of hydrogen-bond donors (Lipinski definition) is 2. The molecule has 3 rings (SSSR count). The molecule has 1 aromatic rings. The van der Waals surface area contributed by atoms with Gasteiger partial charge in [-0.25, -0.2) is 0 Å². The molecule has 1 aliphatic carbocycles. The average Bonchev–Trinajstić information content (AvgIpc) is 3.30. The summed E-state index contributed by atoms with van der Waals surface area (Å²) in [5.41, 5.74) is 6.46. The maximum Gasteiger partial charge on any atom is 0.245 e. The summed E-state index contributed by atoms with van der Waals surface area (Å²) in [6.07, 6.45) is 6.93. The van der Waals surface area contributed by atoms with Crippen molar-refractivity contribution in [3.05, 3.63) is 34.9 Å². The molecule has 0 bridgehead atoms. The van der Waals surface area contributed by atoms with Gasteiger partial charge >= 0.3 is 0 Å². The number of amides is 3. The first kappa shape index (κ1) is 26.5. The molecule has 0 radical (unpaired) electrons. The Labute approximate surface area is 208 Å². The summed E-state index contributed by atoms with van der Waals surface area (Å²) in [5.74, 6) is -0.229. The standard InChI is InChI=1S/C26H39ClN4O3/c1-18(2)25(33)31(21-6-4-3-5-7-21)22-13-15-30(17-22)26(34)23(29-24(32)12-14-28)16-19-8-10-20(27)11-9-19/h8-11,18,21-23H,3-7,12-17,28H2,1-2H3,(H,29,32). The van der Waals surface area contributed by atoms with Crippen molar-refractivity contribution in [3.8, 4) is 0 Å². The second kappa shape index (κ2) is 12.5. The van der Waals surface area contributed by atoms with Gasteiger partial charge in [0.15, 0.2) is 0 Å². The second-order valence-corrected chi connectivity index (χ2v) is 10.3. The largest absolute Gasteiger partial charge is 0.344 e. The van der Waals surface area contributed by atoms with E-state index in [0.717, 1.165) is 37.7 Å². The summed E-state index contributed by atoms with van der Waals surface area (Å²) in [6, 6.07) is 6.92. The number of halogens is 1. The number of nitrogens with zero attached hydrogens (tertiary/aromatic N) is 2. The third-order valence-corrected chi connectivity index (χ3v) is 7.19. The molecule has 1 heterocycles. The molecule has 188 valence electrons. The van der Waals surface area contributed by atoms with E-state index in [-0.39, 0.29) is 48.7 Å². The molecule has 1 saturated carbocycles. The van der Waals surface area contributed by atoms with Gasteiger partial charge in [0.25, 0.3) is 0 Å². The van der Waals surface area contributed by atoms with Crippen molar-refractivity contribution in [3.63, 3.8) is 0 Å². The van der Waals surface area contributed by atoms with E-state index >= 15 is 0 Å². The average molecular weight is 491 g/mol. The van der Waals surface area contributed by atoms with Crippen LogP contribution in [0.25, 0.3) is 0 Å². The van der Waals surface area contributed by atoms with E-state index in [1.54, 1.807) is 12.1 Å². The van der Waals surface area contributed by atoms with Gasteiger partial charge in [0.1, 0.15) is 6.04 Å². The van der Waals surface area contributed by atoms with Gasteiger partial charge in [-0.15, -0.1) is 0 Å². The molecule has 2 atom stereocenters. The Morgan fingerprint density at radius 2 is 1.76 bits per heavy atom. The first-order chi connectivity index (χ1) is 16.3. The molecule has 8 heteroatoms. The molecular weight excluding hydrogens is 452 g/mol. The van der Waals surface area contributed by atoms with Gasteiger partial charge in [-0.2, -0.15) is 0 Å². The molecule has 0 aromatic heterocycles. The quantitative estimate of drug-likeness (QED) is 0.555. The lowest BCUT2D eigenvalue weighted by molar-refractivity contribution is -0.141. The fourth-order valence-electron chi connectivity index (χ4n) is 5.16. The third kappa shape index (κ3) is 6.95. The maximum absolute atomic E-state index is 13.6. The molecular formula is C26H39ClN4O3. The Balaban J connectivity index is 1.73. The SMILES string of the molecule is CC(C)C(=O)N(C1CCCCC1)C1CCN(C(=O)C(Cc2ccc(Cl)cc2)NC(=O)CCN)C1. The molecule has 2 fully saturated rings. The van der Waals surface area contributed by atoms with Crippen LogP contribution in [0.1, 0.15) is 64.4 Å². The van der Waals surface area contributed by atoms with E-state index in [1.807, 2.05) is 30.9 Å². The fraction of sp³-hybridized carbons (Fsp3) is 0.654. The number of carbonyl (C=O) groups is 3. The molecule has 7 nitrogen and oxygen atoms in total. The van der Waals surface area contributed by atoms with Gasteiger partial charge in [-0.05, 0) is 37.0 Å². The van der Waals surface area contributed by atoms with Crippen molar-refractivity contribution in [1.29, 1.82) is 0 Å². The number of likely N-dealkylation sites (tertiary alicyclic amines) is 1. The topological polar surface area (TPSA) is 95.7 Å². The van der Waals surface area contributed by atoms with Gasteiger partial charge in [0.05, 0.1) is 6.04 Å². The van der Waals surface area contributed by atoms with Gasteiger partial charge in [-0.1, -0.05) is 56.8 Å². The summed E-state index contributed by atoms with van der Waals surface area (Å²) in [7, 11) is 0.